The fraction of sp³-hybridized carbons (Fsp3) is 0.250. The Balaban J connectivity index is 4.02. The smallest absolute Gasteiger partial charge is 0.254 e. The van der Waals surface area contributed by atoms with Crippen molar-refractivity contribution in [1.82, 2.24) is 5.32 Å². The summed E-state index contributed by atoms with van der Waals surface area (Å²) in [5.41, 5.74) is 0. The predicted octanol–water partition coefficient (Wildman–Crippen LogP) is 0.667. The van der Waals surface area contributed by atoms with Crippen molar-refractivity contribution in [2.45, 2.75) is 13.8 Å². The normalized spacial score (nSPS) is 11.7. The van der Waals surface area contributed by atoms with Crippen LogP contribution in [-0.2, 0) is 9.59 Å². The van der Waals surface area contributed by atoms with Gasteiger partial charge >= 0.3 is 0 Å². The molecule has 0 atom stereocenters. The molecule has 0 saturated heterocycles. The fourth-order valence-electron chi connectivity index (χ4n) is 0.540. The molecule has 4 heteroatoms. The first-order chi connectivity index (χ1) is 5.56. The first-order valence-corrected chi connectivity index (χ1v) is 3.41. The second kappa shape index (κ2) is 5.12. The highest BCUT2D eigenvalue weighted by Crippen LogP contribution is 1.83. The molecule has 0 aromatic rings. The lowest BCUT2D eigenvalue weighted by atomic mass is 10.4. The van der Waals surface area contributed by atoms with Gasteiger partial charge in [0.1, 0.15) is 0 Å². The molecule has 66 valence electrons. The number of aliphatic hydroxyl groups is 1. The SMILES string of the molecule is C/C=C/C(=O)NC(=O)/C=C(/C)O. The molecule has 2 N–H and O–H groups in total. The maximum Gasteiger partial charge on any atom is 0.254 e. The van der Waals surface area contributed by atoms with Crippen LogP contribution < -0.4 is 5.32 Å². The Kier molecular flexibility index (Phi) is 4.45. The molecule has 0 aliphatic rings. The van der Waals surface area contributed by atoms with Crippen molar-refractivity contribution in [2.75, 3.05) is 0 Å². The van der Waals surface area contributed by atoms with E-state index in [1.165, 1.54) is 19.1 Å². The molecule has 0 fully saturated rings. The van der Waals surface area contributed by atoms with Crippen LogP contribution in [0.5, 0.6) is 0 Å². The van der Waals surface area contributed by atoms with Crippen molar-refractivity contribution in [3.8, 4) is 0 Å². The molecule has 0 saturated carbocycles. The summed E-state index contributed by atoms with van der Waals surface area (Å²) in [4.78, 5) is 21.4. The van der Waals surface area contributed by atoms with Gasteiger partial charge in [-0.3, -0.25) is 14.9 Å². The number of aliphatic hydroxyl groups excluding tert-OH is 1. The number of hydrogen-bond acceptors (Lipinski definition) is 3. The molecule has 0 radical (unpaired) electrons. The zero-order chi connectivity index (χ0) is 9.56. The third-order valence-electron chi connectivity index (χ3n) is 0.904. The van der Waals surface area contributed by atoms with E-state index in [0.717, 1.165) is 6.08 Å². The summed E-state index contributed by atoms with van der Waals surface area (Å²) in [5, 5.41) is 10.6. The first kappa shape index (κ1) is 10.4. The summed E-state index contributed by atoms with van der Waals surface area (Å²) >= 11 is 0. The number of hydrogen-bond donors (Lipinski definition) is 2. The summed E-state index contributed by atoms with van der Waals surface area (Å²) in [7, 11) is 0. The van der Waals surface area contributed by atoms with Crippen LogP contribution in [0.25, 0.3) is 0 Å². The van der Waals surface area contributed by atoms with Crippen LogP contribution in [0.2, 0.25) is 0 Å². The van der Waals surface area contributed by atoms with Crippen molar-refractivity contribution >= 4 is 11.8 Å². The van der Waals surface area contributed by atoms with Gasteiger partial charge in [-0.25, -0.2) is 0 Å². The number of amides is 2. The van der Waals surface area contributed by atoms with Crippen molar-refractivity contribution in [3.63, 3.8) is 0 Å². The molecule has 0 heterocycles. The lowest BCUT2D eigenvalue weighted by Gasteiger charge is -1.94. The van der Waals surface area contributed by atoms with Crippen LogP contribution in [0, 0.1) is 0 Å². The summed E-state index contributed by atoms with van der Waals surface area (Å²) in [6, 6.07) is 0. The van der Waals surface area contributed by atoms with Crippen LogP contribution in [0.3, 0.4) is 0 Å². The van der Waals surface area contributed by atoms with Gasteiger partial charge in [-0.1, -0.05) is 6.08 Å². The van der Waals surface area contributed by atoms with Crippen molar-refractivity contribution in [2.24, 2.45) is 0 Å². The van der Waals surface area contributed by atoms with Crippen molar-refractivity contribution < 1.29 is 14.7 Å². The number of imide groups is 1. The van der Waals surface area contributed by atoms with Crippen LogP contribution in [0.1, 0.15) is 13.8 Å². The second-order valence-electron chi connectivity index (χ2n) is 2.14. The minimum atomic E-state index is -0.627. The van der Waals surface area contributed by atoms with Crippen molar-refractivity contribution in [1.29, 1.82) is 0 Å². The quantitative estimate of drug-likeness (QED) is 0.471. The Morgan fingerprint density at radius 3 is 2.33 bits per heavy atom. The van der Waals surface area contributed by atoms with Crippen LogP contribution in [-0.4, -0.2) is 16.9 Å². The van der Waals surface area contributed by atoms with Gasteiger partial charge in [0.25, 0.3) is 5.91 Å². The molecule has 0 aliphatic carbocycles. The maximum absolute atomic E-state index is 10.7. The Hall–Kier alpha value is -1.58. The summed E-state index contributed by atoms with van der Waals surface area (Å²) in [6.45, 7) is 3.01. The van der Waals surface area contributed by atoms with E-state index in [0.29, 0.717) is 0 Å². The Morgan fingerprint density at radius 2 is 1.92 bits per heavy atom. The van der Waals surface area contributed by atoms with E-state index in [1.807, 2.05) is 5.32 Å². The molecule has 0 unspecified atom stereocenters. The average Bonchev–Trinajstić information content (AvgIpc) is 1.84. The standard InChI is InChI=1S/C8H11NO3/c1-3-4-7(11)9-8(12)5-6(2)10/h3-5,10H,1-2H3,(H,9,11,12)/b4-3+,6-5-. The highest BCUT2D eigenvalue weighted by atomic mass is 16.3. The monoisotopic (exact) mass is 169 g/mol. The van der Waals surface area contributed by atoms with Gasteiger partial charge in [-0.2, -0.15) is 0 Å². The predicted molar refractivity (Wildman–Crippen MR) is 44.3 cm³/mol. The number of nitrogens with one attached hydrogen (secondary N) is 1. The molecule has 0 rings (SSSR count). The summed E-state index contributed by atoms with van der Waals surface area (Å²) in [6.07, 6.45) is 3.66. The van der Waals surface area contributed by atoms with Gasteiger partial charge < -0.3 is 5.11 Å². The Morgan fingerprint density at radius 1 is 1.33 bits per heavy atom. The maximum atomic E-state index is 10.7. The largest absolute Gasteiger partial charge is 0.512 e. The van der Waals surface area contributed by atoms with E-state index in [9.17, 15) is 9.59 Å². The molecule has 0 aliphatic heterocycles. The lowest BCUT2D eigenvalue weighted by Crippen LogP contribution is -2.27. The van der Waals surface area contributed by atoms with E-state index in [1.54, 1.807) is 6.92 Å². The first-order valence-electron chi connectivity index (χ1n) is 3.41. The summed E-state index contributed by atoms with van der Waals surface area (Å²) < 4.78 is 0. The molecule has 0 aromatic heterocycles. The Bertz CT molecular complexity index is 237. The van der Waals surface area contributed by atoms with Crippen molar-refractivity contribution in [3.05, 3.63) is 24.0 Å². The molecule has 4 nitrogen and oxygen atoms in total. The highest BCUT2D eigenvalue weighted by Gasteiger charge is 2.00. The molecular weight excluding hydrogens is 158 g/mol. The summed E-state index contributed by atoms with van der Waals surface area (Å²) in [5.74, 6) is -1.26. The Labute approximate surface area is 70.6 Å². The van der Waals surface area contributed by atoms with E-state index in [-0.39, 0.29) is 5.76 Å². The topological polar surface area (TPSA) is 66.4 Å². The van der Waals surface area contributed by atoms with E-state index >= 15 is 0 Å². The molecule has 2 amide bonds. The molecule has 0 bridgehead atoms. The van der Waals surface area contributed by atoms with E-state index in [4.69, 9.17) is 5.11 Å². The van der Waals surface area contributed by atoms with Gasteiger partial charge in [0.15, 0.2) is 0 Å². The number of carbonyl (C=O) groups excluding carboxylic acids is 2. The molecule has 12 heavy (non-hydrogen) atoms. The third kappa shape index (κ3) is 5.22. The van der Waals surface area contributed by atoms with Crippen LogP contribution >= 0.6 is 0 Å². The zero-order valence-electron chi connectivity index (χ0n) is 7.00. The second-order valence-corrected chi connectivity index (χ2v) is 2.14. The number of rotatable bonds is 2. The highest BCUT2D eigenvalue weighted by molar-refractivity contribution is 6.05. The van der Waals surface area contributed by atoms with Gasteiger partial charge in [-0.15, -0.1) is 0 Å². The van der Waals surface area contributed by atoms with Gasteiger partial charge in [-0.05, 0) is 19.9 Å². The van der Waals surface area contributed by atoms with E-state index < -0.39 is 11.8 Å². The molecule has 0 aromatic carbocycles. The van der Waals surface area contributed by atoms with Crippen LogP contribution in [0.4, 0.5) is 0 Å². The van der Waals surface area contributed by atoms with E-state index in [2.05, 4.69) is 0 Å². The molecular formula is C8H11NO3. The molecule has 0 spiro atoms. The minimum absolute atomic E-state index is 0.138. The zero-order valence-corrected chi connectivity index (χ0v) is 7.00. The average molecular weight is 169 g/mol. The van der Waals surface area contributed by atoms with Crippen LogP contribution in [0.15, 0.2) is 24.0 Å². The number of allylic oxidation sites excluding steroid dienone is 2. The third-order valence-corrected chi connectivity index (χ3v) is 0.904. The lowest BCUT2D eigenvalue weighted by molar-refractivity contribution is -0.125. The fourth-order valence-corrected chi connectivity index (χ4v) is 0.540. The number of carbonyl (C=O) groups is 2. The van der Waals surface area contributed by atoms with Gasteiger partial charge in [0.2, 0.25) is 5.91 Å². The van der Waals surface area contributed by atoms with Gasteiger partial charge in [0.05, 0.1) is 5.76 Å². The minimum Gasteiger partial charge on any atom is -0.512 e. The van der Waals surface area contributed by atoms with Gasteiger partial charge in [0, 0.05) is 6.08 Å².